The zero-order valence-electron chi connectivity index (χ0n) is 17.7. The van der Waals surface area contributed by atoms with Gasteiger partial charge in [-0.15, -0.1) is 0 Å². The summed E-state index contributed by atoms with van der Waals surface area (Å²) in [4.78, 5) is 28.1. The summed E-state index contributed by atoms with van der Waals surface area (Å²) in [5.41, 5.74) is 2.41. The molecule has 1 N–H and O–H groups in total. The van der Waals surface area contributed by atoms with Crippen LogP contribution in [0.25, 0.3) is 5.76 Å². The molecule has 2 aliphatic rings. The predicted octanol–water partition coefficient (Wildman–Crippen LogP) is 5.52. The topological polar surface area (TPSA) is 66.8 Å². The highest BCUT2D eigenvalue weighted by Gasteiger charge is 2.48. The van der Waals surface area contributed by atoms with E-state index in [1.807, 2.05) is 43.3 Å². The van der Waals surface area contributed by atoms with Crippen LogP contribution in [0.2, 0.25) is 0 Å². The molecule has 2 aromatic carbocycles. The molecule has 4 rings (SSSR count). The fourth-order valence-corrected chi connectivity index (χ4v) is 4.89. The first-order valence-electron chi connectivity index (χ1n) is 10.6. The number of benzene rings is 2. The van der Waals surface area contributed by atoms with E-state index in [0.717, 1.165) is 47.7 Å². The van der Waals surface area contributed by atoms with Crippen molar-refractivity contribution in [1.29, 1.82) is 0 Å². The Kier molecular flexibility index (Phi) is 6.19. The van der Waals surface area contributed by atoms with Crippen LogP contribution in [0.4, 0.5) is 0 Å². The number of rotatable bonds is 4. The van der Waals surface area contributed by atoms with E-state index in [-0.39, 0.29) is 17.4 Å². The van der Waals surface area contributed by atoms with Crippen LogP contribution < -0.4 is 4.74 Å². The standard InChI is InChI=1S/C25H26BrNO4/c1-15-14-17(10-13-20(15)26)23(28)21-22(16-8-11-19(31-2)12-9-16)27(25(30)24(21)29)18-6-4-3-5-7-18/h8-14,18,22,28H,3-7H2,1-2H3/b23-21-. The Labute approximate surface area is 190 Å². The van der Waals surface area contributed by atoms with E-state index < -0.39 is 17.7 Å². The number of likely N-dealkylation sites (tertiary alicyclic amines) is 1. The Bertz CT molecular complexity index is 1040. The third kappa shape index (κ3) is 4.01. The first-order valence-corrected chi connectivity index (χ1v) is 11.4. The van der Waals surface area contributed by atoms with Crippen LogP contribution in [0, 0.1) is 6.92 Å². The van der Waals surface area contributed by atoms with Crippen LogP contribution in [0.15, 0.2) is 52.5 Å². The van der Waals surface area contributed by atoms with Gasteiger partial charge in [0.2, 0.25) is 0 Å². The first kappa shape index (κ1) is 21.6. The maximum atomic E-state index is 13.2. The summed E-state index contributed by atoms with van der Waals surface area (Å²) in [6, 6.07) is 12.2. The molecule has 1 aliphatic carbocycles. The number of amides is 1. The number of methoxy groups -OCH3 is 1. The zero-order valence-corrected chi connectivity index (χ0v) is 19.3. The average molecular weight is 484 g/mol. The number of halogens is 1. The third-order valence-electron chi connectivity index (χ3n) is 6.31. The molecule has 0 aromatic heterocycles. The van der Waals surface area contributed by atoms with Crippen molar-refractivity contribution in [2.45, 2.75) is 51.1 Å². The van der Waals surface area contributed by atoms with Crippen molar-refractivity contribution in [2.75, 3.05) is 7.11 Å². The lowest BCUT2D eigenvalue weighted by atomic mass is 9.91. The molecule has 2 aromatic rings. The number of ketones is 1. The van der Waals surface area contributed by atoms with Crippen LogP contribution >= 0.6 is 15.9 Å². The first-order chi connectivity index (χ1) is 14.9. The number of nitrogens with zero attached hydrogens (tertiary/aromatic N) is 1. The minimum atomic E-state index is -0.621. The molecule has 1 amide bonds. The number of aliphatic hydroxyl groups is 1. The molecule has 6 heteroatoms. The van der Waals surface area contributed by atoms with Gasteiger partial charge in [-0.3, -0.25) is 9.59 Å². The van der Waals surface area contributed by atoms with Gasteiger partial charge in [-0.25, -0.2) is 0 Å². The number of carbonyl (C=O) groups excluding carboxylic acids is 2. The molecule has 1 aliphatic heterocycles. The molecular formula is C25H26BrNO4. The van der Waals surface area contributed by atoms with Crippen molar-refractivity contribution < 1.29 is 19.4 Å². The molecule has 0 spiro atoms. The van der Waals surface area contributed by atoms with Gasteiger partial charge in [0.25, 0.3) is 11.7 Å². The molecule has 1 atom stereocenters. The summed E-state index contributed by atoms with van der Waals surface area (Å²) >= 11 is 3.47. The Morgan fingerprint density at radius 3 is 2.35 bits per heavy atom. The van der Waals surface area contributed by atoms with E-state index in [0.29, 0.717) is 11.3 Å². The van der Waals surface area contributed by atoms with Gasteiger partial charge < -0.3 is 14.7 Å². The molecule has 0 bridgehead atoms. The second-order valence-corrected chi connectivity index (χ2v) is 9.09. The number of carbonyl (C=O) groups is 2. The lowest BCUT2D eigenvalue weighted by Gasteiger charge is -2.35. The van der Waals surface area contributed by atoms with Crippen molar-refractivity contribution in [1.82, 2.24) is 4.90 Å². The molecule has 2 fully saturated rings. The third-order valence-corrected chi connectivity index (χ3v) is 7.20. The number of aryl methyl sites for hydroxylation is 1. The molecule has 0 radical (unpaired) electrons. The number of aliphatic hydroxyl groups excluding tert-OH is 1. The van der Waals surface area contributed by atoms with Gasteiger partial charge >= 0.3 is 0 Å². The van der Waals surface area contributed by atoms with Gasteiger partial charge in [-0.05, 0) is 55.2 Å². The van der Waals surface area contributed by atoms with Crippen molar-refractivity contribution in [2.24, 2.45) is 0 Å². The quantitative estimate of drug-likeness (QED) is 0.353. The summed E-state index contributed by atoms with van der Waals surface area (Å²) in [6.45, 7) is 1.92. The summed E-state index contributed by atoms with van der Waals surface area (Å²) < 4.78 is 6.19. The lowest BCUT2D eigenvalue weighted by molar-refractivity contribution is -0.141. The van der Waals surface area contributed by atoms with Crippen molar-refractivity contribution >= 4 is 33.4 Å². The Morgan fingerprint density at radius 1 is 1.06 bits per heavy atom. The fraction of sp³-hybridized carbons (Fsp3) is 0.360. The maximum absolute atomic E-state index is 13.2. The predicted molar refractivity (Wildman–Crippen MR) is 123 cm³/mol. The zero-order chi connectivity index (χ0) is 22.1. The Balaban J connectivity index is 1.87. The van der Waals surface area contributed by atoms with Crippen molar-refractivity contribution in [3.05, 3.63) is 69.2 Å². The van der Waals surface area contributed by atoms with E-state index in [1.54, 1.807) is 18.1 Å². The molecule has 1 saturated carbocycles. The van der Waals surface area contributed by atoms with Crippen molar-refractivity contribution in [3.8, 4) is 5.75 Å². The van der Waals surface area contributed by atoms with Gasteiger partial charge in [0.1, 0.15) is 11.5 Å². The Hall–Kier alpha value is -2.60. The molecule has 1 unspecified atom stereocenters. The minimum absolute atomic E-state index is 0.00532. The van der Waals surface area contributed by atoms with E-state index >= 15 is 0 Å². The lowest BCUT2D eigenvalue weighted by Crippen LogP contribution is -2.40. The summed E-state index contributed by atoms with van der Waals surface area (Å²) in [5.74, 6) is -0.581. The fourth-order valence-electron chi connectivity index (χ4n) is 4.65. The SMILES string of the molecule is COc1ccc(C2/C(=C(/O)c3ccc(Br)c(C)c3)C(=O)C(=O)N2C2CCCCC2)cc1. The second kappa shape index (κ2) is 8.87. The molecular weight excluding hydrogens is 458 g/mol. The molecule has 1 saturated heterocycles. The van der Waals surface area contributed by atoms with Gasteiger partial charge in [0, 0.05) is 16.1 Å². The smallest absolute Gasteiger partial charge is 0.295 e. The number of hydrogen-bond acceptors (Lipinski definition) is 4. The van der Waals surface area contributed by atoms with Crippen LogP contribution in [0.1, 0.15) is 54.8 Å². The summed E-state index contributed by atoms with van der Waals surface area (Å²) in [5, 5.41) is 11.2. The normalized spacial score (nSPS) is 21.5. The number of hydrogen-bond donors (Lipinski definition) is 1. The van der Waals surface area contributed by atoms with E-state index in [2.05, 4.69) is 15.9 Å². The van der Waals surface area contributed by atoms with Gasteiger partial charge in [0.05, 0.1) is 18.7 Å². The van der Waals surface area contributed by atoms with Crippen LogP contribution in [0.3, 0.4) is 0 Å². The Morgan fingerprint density at radius 2 is 1.74 bits per heavy atom. The summed E-state index contributed by atoms with van der Waals surface area (Å²) in [6.07, 6.45) is 4.96. The van der Waals surface area contributed by atoms with E-state index in [1.165, 1.54) is 0 Å². The minimum Gasteiger partial charge on any atom is -0.507 e. The van der Waals surface area contributed by atoms with E-state index in [9.17, 15) is 14.7 Å². The maximum Gasteiger partial charge on any atom is 0.295 e. The monoisotopic (exact) mass is 483 g/mol. The van der Waals surface area contributed by atoms with Crippen LogP contribution in [-0.4, -0.2) is 34.8 Å². The van der Waals surface area contributed by atoms with Gasteiger partial charge in [-0.2, -0.15) is 0 Å². The van der Waals surface area contributed by atoms with Crippen LogP contribution in [0.5, 0.6) is 5.75 Å². The highest BCUT2D eigenvalue weighted by Crippen LogP contribution is 2.43. The van der Waals surface area contributed by atoms with E-state index in [4.69, 9.17) is 4.74 Å². The number of ether oxygens (including phenoxy) is 1. The molecule has 1 heterocycles. The highest BCUT2D eigenvalue weighted by atomic mass is 79.9. The average Bonchev–Trinajstić information content (AvgIpc) is 3.06. The second-order valence-electron chi connectivity index (χ2n) is 8.24. The van der Waals surface area contributed by atoms with Crippen LogP contribution in [-0.2, 0) is 9.59 Å². The van der Waals surface area contributed by atoms with Gasteiger partial charge in [0.15, 0.2) is 0 Å². The molecule has 31 heavy (non-hydrogen) atoms. The summed E-state index contributed by atoms with van der Waals surface area (Å²) in [7, 11) is 1.60. The molecule has 5 nitrogen and oxygen atoms in total. The largest absolute Gasteiger partial charge is 0.507 e. The molecule has 162 valence electrons. The van der Waals surface area contributed by atoms with Gasteiger partial charge in [-0.1, -0.05) is 53.4 Å². The highest BCUT2D eigenvalue weighted by molar-refractivity contribution is 9.10. The van der Waals surface area contributed by atoms with Crippen molar-refractivity contribution in [3.63, 3.8) is 0 Å². The number of Topliss-reactive ketones (excluding diaryl/α,β-unsaturated/α-hetero) is 1.